The van der Waals surface area contributed by atoms with Crippen LogP contribution in [-0.4, -0.2) is 101 Å². The molecule has 3 saturated heterocycles. The summed E-state index contributed by atoms with van der Waals surface area (Å²) in [6.45, 7) is 13.0. The van der Waals surface area contributed by atoms with Crippen molar-refractivity contribution in [3.63, 3.8) is 0 Å². The average molecular weight is 556 g/mol. The number of rotatable bonds is 6. The molecule has 3 fully saturated rings. The molecule has 3 aliphatic rings. The summed E-state index contributed by atoms with van der Waals surface area (Å²) in [5.41, 5.74) is 1.94. The number of hydrogen-bond acceptors (Lipinski definition) is 7. The highest BCUT2D eigenvalue weighted by Crippen LogP contribution is 2.31. The first-order valence-corrected chi connectivity index (χ1v) is 15.4. The summed E-state index contributed by atoms with van der Waals surface area (Å²) in [6, 6.07) is 7.72. The lowest BCUT2D eigenvalue weighted by Crippen LogP contribution is -2.49. The fourth-order valence-electron chi connectivity index (χ4n) is 6.14. The van der Waals surface area contributed by atoms with Crippen LogP contribution >= 0.6 is 22.9 Å². The number of anilines is 1. The van der Waals surface area contributed by atoms with Crippen LogP contribution in [0.15, 0.2) is 30.5 Å². The molecule has 1 aromatic carbocycles. The molecular weight excluding hydrogens is 518 g/mol. The first-order chi connectivity index (χ1) is 18.6. The first-order valence-electron chi connectivity index (χ1n) is 14.2. The Balaban J connectivity index is 0.968. The lowest BCUT2D eigenvalue weighted by molar-refractivity contribution is -0.137. The highest BCUT2D eigenvalue weighted by molar-refractivity contribution is 7.20. The van der Waals surface area contributed by atoms with Crippen molar-refractivity contribution >= 4 is 38.9 Å². The van der Waals surface area contributed by atoms with Gasteiger partial charge in [0.2, 0.25) is 16.0 Å². The summed E-state index contributed by atoms with van der Waals surface area (Å²) < 4.78 is 1.87. The second-order valence-electron chi connectivity index (χ2n) is 11.0. The molecule has 0 atom stereocenters. The van der Waals surface area contributed by atoms with Gasteiger partial charge in [-0.25, -0.2) is 9.50 Å². The Kier molecular flexibility index (Phi) is 7.88. The Morgan fingerprint density at radius 3 is 2.29 bits per heavy atom. The number of hydrogen-bond donors (Lipinski definition) is 0. The molecule has 0 saturated carbocycles. The summed E-state index contributed by atoms with van der Waals surface area (Å²) in [6.07, 6.45) is 6.07. The number of likely N-dealkylation sites (tertiary alicyclic amines) is 1. The van der Waals surface area contributed by atoms with Crippen molar-refractivity contribution in [3.8, 4) is 11.3 Å². The summed E-state index contributed by atoms with van der Waals surface area (Å²) in [7, 11) is 0. The van der Waals surface area contributed by atoms with E-state index in [1.165, 1.54) is 32.7 Å². The van der Waals surface area contributed by atoms with E-state index in [-0.39, 0.29) is 5.92 Å². The van der Waals surface area contributed by atoms with Crippen LogP contribution in [0.3, 0.4) is 0 Å². The minimum absolute atomic E-state index is 0.144. The van der Waals surface area contributed by atoms with Crippen LogP contribution in [0.25, 0.3) is 16.2 Å². The zero-order chi connectivity index (χ0) is 26.1. The number of nitrogens with zero attached hydrogens (tertiary/aromatic N) is 7. The first kappa shape index (κ1) is 26.0. The zero-order valence-electron chi connectivity index (χ0n) is 22.3. The van der Waals surface area contributed by atoms with Gasteiger partial charge in [0.15, 0.2) is 0 Å². The third kappa shape index (κ3) is 5.71. The van der Waals surface area contributed by atoms with Gasteiger partial charge in [-0.2, -0.15) is 0 Å². The van der Waals surface area contributed by atoms with E-state index in [1.807, 2.05) is 35.0 Å². The Morgan fingerprint density at radius 1 is 0.947 bits per heavy atom. The molecule has 0 bridgehead atoms. The third-order valence-electron chi connectivity index (χ3n) is 8.64. The molecule has 3 aromatic rings. The lowest BCUT2D eigenvalue weighted by atomic mass is 9.92. The summed E-state index contributed by atoms with van der Waals surface area (Å²) in [5, 5.41) is 6.50. The molecule has 0 radical (unpaired) electrons. The van der Waals surface area contributed by atoms with Gasteiger partial charge >= 0.3 is 0 Å². The van der Waals surface area contributed by atoms with Gasteiger partial charge in [-0.3, -0.25) is 4.79 Å². The highest BCUT2D eigenvalue weighted by atomic mass is 35.5. The van der Waals surface area contributed by atoms with Crippen molar-refractivity contribution in [2.45, 2.75) is 32.6 Å². The van der Waals surface area contributed by atoms with Crippen molar-refractivity contribution in [3.05, 3.63) is 35.5 Å². The normalized spacial score (nSPS) is 21.0. The van der Waals surface area contributed by atoms with Crippen LogP contribution in [0, 0.1) is 11.8 Å². The Morgan fingerprint density at radius 2 is 1.63 bits per heavy atom. The SMILES string of the molecule is CCN1CCN(CC2CCN(C(=O)C3CCN(c4nn5cc(-c6ccc(Cl)cc6)nc5s4)CC3)CC2)CC1. The van der Waals surface area contributed by atoms with Crippen molar-refractivity contribution < 1.29 is 4.79 Å². The number of carbonyl (C=O) groups excluding carboxylic acids is 1. The average Bonchev–Trinajstić information content (AvgIpc) is 3.54. The van der Waals surface area contributed by atoms with E-state index in [9.17, 15) is 4.79 Å². The maximum atomic E-state index is 13.3. The van der Waals surface area contributed by atoms with E-state index < -0.39 is 0 Å². The Bertz CT molecular complexity index is 1190. The second-order valence-corrected chi connectivity index (χ2v) is 12.4. The molecule has 0 N–H and O–H groups in total. The van der Waals surface area contributed by atoms with E-state index in [0.29, 0.717) is 5.91 Å². The van der Waals surface area contributed by atoms with Crippen LogP contribution in [0.5, 0.6) is 0 Å². The number of piperazine rings is 1. The standard InChI is InChI=1S/C28H38ClN7OS/c1-2-32-15-17-33(18-16-32)19-21-7-11-34(12-8-21)26(37)23-9-13-35(14-10-23)28-31-36-20-25(30-27(36)38-28)22-3-5-24(29)6-4-22/h3-6,20-21,23H,2,7-19H2,1H3. The molecule has 8 nitrogen and oxygen atoms in total. The highest BCUT2D eigenvalue weighted by Gasteiger charge is 2.32. The largest absolute Gasteiger partial charge is 0.347 e. The molecule has 0 unspecified atom stereocenters. The minimum Gasteiger partial charge on any atom is -0.347 e. The van der Waals surface area contributed by atoms with E-state index in [2.05, 4.69) is 26.5 Å². The van der Waals surface area contributed by atoms with Gasteiger partial charge in [0.05, 0.1) is 11.9 Å². The van der Waals surface area contributed by atoms with E-state index in [4.69, 9.17) is 21.7 Å². The van der Waals surface area contributed by atoms with Crippen molar-refractivity contribution in [2.24, 2.45) is 11.8 Å². The second kappa shape index (κ2) is 11.5. The third-order valence-corrected chi connectivity index (χ3v) is 9.88. The van der Waals surface area contributed by atoms with Crippen LogP contribution < -0.4 is 4.90 Å². The number of benzene rings is 1. The van der Waals surface area contributed by atoms with Crippen molar-refractivity contribution in [1.82, 2.24) is 29.3 Å². The van der Waals surface area contributed by atoms with Crippen LogP contribution in [-0.2, 0) is 4.79 Å². The Labute approximate surface area is 234 Å². The minimum atomic E-state index is 0.144. The van der Waals surface area contributed by atoms with Gasteiger partial charge in [0.1, 0.15) is 0 Å². The van der Waals surface area contributed by atoms with E-state index in [1.54, 1.807) is 11.3 Å². The lowest BCUT2D eigenvalue weighted by Gasteiger charge is -2.40. The van der Waals surface area contributed by atoms with Crippen LogP contribution in [0.1, 0.15) is 32.6 Å². The van der Waals surface area contributed by atoms with Gasteiger partial charge in [-0.1, -0.05) is 42.0 Å². The summed E-state index contributed by atoms with van der Waals surface area (Å²) >= 11 is 7.63. The van der Waals surface area contributed by atoms with Crippen LogP contribution in [0.2, 0.25) is 5.02 Å². The molecule has 1 amide bonds. The number of carbonyl (C=O) groups is 1. The zero-order valence-corrected chi connectivity index (χ0v) is 23.8. The number of fused-ring (bicyclic) bond motifs is 1. The fraction of sp³-hybridized carbons (Fsp3) is 0.607. The summed E-state index contributed by atoms with van der Waals surface area (Å²) in [5.74, 6) is 1.25. The summed E-state index contributed by atoms with van der Waals surface area (Å²) in [4.78, 5) is 28.6. The fourth-order valence-corrected chi connectivity index (χ4v) is 7.20. The van der Waals surface area contributed by atoms with Gasteiger partial charge in [0.25, 0.3) is 0 Å². The van der Waals surface area contributed by atoms with Gasteiger partial charge in [0, 0.05) is 75.4 Å². The predicted octanol–water partition coefficient (Wildman–Crippen LogP) is 4.20. The van der Waals surface area contributed by atoms with E-state index >= 15 is 0 Å². The van der Waals surface area contributed by atoms with Crippen molar-refractivity contribution in [1.29, 1.82) is 0 Å². The maximum absolute atomic E-state index is 13.3. The topological polar surface area (TPSA) is 60.2 Å². The molecule has 10 heteroatoms. The molecule has 5 heterocycles. The molecule has 0 aliphatic carbocycles. The number of likely N-dealkylation sites (N-methyl/N-ethyl adjacent to an activating group) is 1. The van der Waals surface area contributed by atoms with Gasteiger partial charge in [-0.05, 0) is 50.3 Å². The van der Waals surface area contributed by atoms with Gasteiger partial charge < -0.3 is 19.6 Å². The smallest absolute Gasteiger partial charge is 0.225 e. The maximum Gasteiger partial charge on any atom is 0.225 e. The molecular formula is C28H38ClN7OS. The molecule has 6 rings (SSSR count). The number of imidazole rings is 1. The van der Waals surface area contributed by atoms with E-state index in [0.717, 1.165) is 90.7 Å². The van der Waals surface area contributed by atoms with Crippen LogP contribution in [0.4, 0.5) is 5.13 Å². The van der Waals surface area contributed by atoms with Crippen molar-refractivity contribution in [2.75, 3.05) is 70.3 Å². The number of piperidine rings is 2. The van der Waals surface area contributed by atoms with Gasteiger partial charge in [-0.15, -0.1) is 5.10 Å². The Hall–Kier alpha value is -2.20. The molecule has 3 aliphatic heterocycles. The quantitative estimate of drug-likeness (QED) is 0.454. The predicted molar refractivity (Wildman–Crippen MR) is 154 cm³/mol. The monoisotopic (exact) mass is 555 g/mol. The number of aromatic nitrogens is 3. The molecule has 38 heavy (non-hydrogen) atoms. The number of amides is 1. The molecule has 2 aromatic heterocycles. The number of halogens is 1. The molecule has 0 spiro atoms. The molecule has 204 valence electrons.